The maximum Gasteiger partial charge on any atom is 0.326 e. The van der Waals surface area contributed by atoms with Crippen LogP contribution in [0, 0.1) is 0 Å². The van der Waals surface area contributed by atoms with Gasteiger partial charge in [0.15, 0.2) is 0 Å². The van der Waals surface area contributed by atoms with E-state index in [0.29, 0.717) is 0 Å². The molecule has 1 fully saturated rings. The smallest absolute Gasteiger partial charge is 0.326 e. The molecule has 1 aliphatic heterocycles. The lowest BCUT2D eigenvalue weighted by molar-refractivity contribution is -0.149. The molecule has 174 valence electrons. The molecule has 3 atom stereocenters. The van der Waals surface area contributed by atoms with E-state index in [4.69, 9.17) is 0 Å². The van der Waals surface area contributed by atoms with E-state index in [0.717, 1.165) is 15.4 Å². The van der Waals surface area contributed by atoms with E-state index in [9.17, 15) is 29.1 Å². The van der Waals surface area contributed by atoms with Crippen LogP contribution in [0.25, 0.3) is 0 Å². The van der Waals surface area contributed by atoms with Gasteiger partial charge in [-0.3, -0.25) is 24.1 Å². The molecule has 1 saturated heterocycles. The van der Waals surface area contributed by atoms with Gasteiger partial charge in [0, 0.05) is 38.6 Å². The number of nitrogens with one attached hydrogen (secondary N) is 1. The van der Waals surface area contributed by atoms with Crippen LogP contribution in [0.15, 0.2) is 30.3 Å². The molecule has 0 aliphatic carbocycles. The molecule has 2 rings (SSSR count). The molecular formula is C21H27N3O6S2. The van der Waals surface area contributed by atoms with Crippen LogP contribution in [-0.4, -0.2) is 81.2 Å². The third-order valence-electron chi connectivity index (χ3n) is 5.25. The topological polar surface area (TPSA) is 124 Å². The Morgan fingerprint density at radius 3 is 2.28 bits per heavy atom. The molecule has 0 bridgehead atoms. The van der Waals surface area contributed by atoms with Crippen LogP contribution in [0.1, 0.15) is 24.8 Å². The number of carbonyl (C=O) groups is 5. The molecule has 4 amide bonds. The number of benzene rings is 1. The maximum absolute atomic E-state index is 12.9. The zero-order chi connectivity index (χ0) is 23.8. The van der Waals surface area contributed by atoms with Crippen LogP contribution in [0.5, 0.6) is 0 Å². The second kappa shape index (κ2) is 11.9. The van der Waals surface area contributed by atoms with Gasteiger partial charge >= 0.3 is 5.97 Å². The molecule has 1 heterocycles. The third kappa shape index (κ3) is 6.73. The molecule has 0 saturated carbocycles. The summed E-state index contributed by atoms with van der Waals surface area (Å²) in [6.07, 6.45) is 0.567. The van der Waals surface area contributed by atoms with Crippen molar-refractivity contribution >= 4 is 54.9 Å². The lowest BCUT2D eigenvalue weighted by Crippen LogP contribution is -2.54. The van der Waals surface area contributed by atoms with Gasteiger partial charge in [-0.1, -0.05) is 30.3 Å². The monoisotopic (exact) mass is 481 g/mol. The van der Waals surface area contributed by atoms with Crippen LogP contribution >= 0.6 is 25.3 Å². The Morgan fingerprint density at radius 2 is 1.75 bits per heavy atom. The number of amides is 4. The van der Waals surface area contributed by atoms with E-state index in [1.54, 1.807) is 24.3 Å². The molecule has 1 unspecified atom stereocenters. The predicted molar refractivity (Wildman–Crippen MR) is 123 cm³/mol. The van der Waals surface area contributed by atoms with Crippen molar-refractivity contribution in [3.05, 3.63) is 35.9 Å². The van der Waals surface area contributed by atoms with Crippen LogP contribution in [0.2, 0.25) is 0 Å². The summed E-state index contributed by atoms with van der Waals surface area (Å²) in [6.45, 7) is 0.0663. The van der Waals surface area contributed by atoms with Gasteiger partial charge in [-0.2, -0.15) is 25.3 Å². The number of likely N-dealkylation sites (N-methyl/N-ethyl adjacent to an activating group) is 1. The number of imide groups is 1. The summed E-state index contributed by atoms with van der Waals surface area (Å²) in [7, 11) is 1.37. The minimum atomic E-state index is -1.17. The Balaban J connectivity index is 1.97. The first-order chi connectivity index (χ1) is 15.1. The predicted octanol–water partition coefficient (Wildman–Crippen LogP) is 0.393. The Kier molecular flexibility index (Phi) is 9.58. The first kappa shape index (κ1) is 25.7. The lowest BCUT2D eigenvalue weighted by Gasteiger charge is -2.29. The summed E-state index contributed by atoms with van der Waals surface area (Å²) in [5, 5.41) is 11.3. The number of hydrogen-bond acceptors (Lipinski definition) is 7. The average molecular weight is 482 g/mol. The first-order valence-electron chi connectivity index (χ1n) is 10.1. The van der Waals surface area contributed by atoms with Crippen LogP contribution in [0.4, 0.5) is 0 Å². The van der Waals surface area contributed by atoms with Crippen LogP contribution in [0.3, 0.4) is 0 Å². The van der Waals surface area contributed by atoms with Crippen molar-refractivity contribution in [2.24, 2.45) is 0 Å². The number of likely N-dealkylation sites (tertiary alicyclic amines) is 1. The van der Waals surface area contributed by atoms with E-state index >= 15 is 0 Å². The van der Waals surface area contributed by atoms with E-state index in [1.807, 2.05) is 6.07 Å². The molecule has 0 spiro atoms. The quantitative estimate of drug-likeness (QED) is 0.268. The zero-order valence-electron chi connectivity index (χ0n) is 17.6. The molecule has 11 heteroatoms. The highest BCUT2D eigenvalue weighted by Gasteiger charge is 2.33. The normalized spacial score (nSPS) is 16.4. The Bertz CT molecular complexity index is 850. The van der Waals surface area contributed by atoms with Crippen LogP contribution in [-0.2, 0) is 30.4 Å². The molecule has 1 aliphatic rings. The van der Waals surface area contributed by atoms with Crippen molar-refractivity contribution < 1.29 is 29.1 Å². The van der Waals surface area contributed by atoms with Gasteiger partial charge < -0.3 is 15.3 Å². The van der Waals surface area contributed by atoms with Gasteiger partial charge in [0.05, 0.1) is 5.25 Å². The van der Waals surface area contributed by atoms with Gasteiger partial charge in [0.25, 0.3) is 0 Å². The molecule has 0 aromatic heterocycles. The SMILES string of the molecule is CN(C(=O)C(CS)NC(=O)[C@@H](S)CCN1C(=O)CCC1=O)[C@@H](Cc1ccccc1)C(=O)O. The highest BCUT2D eigenvalue weighted by molar-refractivity contribution is 7.81. The number of aliphatic carboxylic acids is 1. The van der Waals surface area contributed by atoms with E-state index in [1.165, 1.54) is 7.05 Å². The number of hydrogen-bond donors (Lipinski definition) is 4. The molecular weight excluding hydrogens is 454 g/mol. The third-order valence-corrected chi connectivity index (χ3v) is 6.11. The number of carbonyl (C=O) groups excluding carboxylic acids is 4. The van der Waals surface area contributed by atoms with Crippen molar-refractivity contribution in [3.8, 4) is 0 Å². The summed E-state index contributed by atoms with van der Waals surface area (Å²) in [6, 6.07) is 6.73. The number of carboxylic acids is 1. The fraction of sp³-hybridized carbons (Fsp3) is 0.476. The summed E-state index contributed by atoms with van der Waals surface area (Å²) >= 11 is 8.35. The number of rotatable bonds is 11. The Morgan fingerprint density at radius 1 is 1.16 bits per heavy atom. The van der Waals surface area contributed by atoms with Crippen molar-refractivity contribution in [1.29, 1.82) is 0 Å². The van der Waals surface area contributed by atoms with E-state index in [-0.39, 0.29) is 49.8 Å². The fourth-order valence-electron chi connectivity index (χ4n) is 3.33. The molecule has 32 heavy (non-hydrogen) atoms. The first-order valence-corrected chi connectivity index (χ1v) is 11.3. The number of carboxylic acid groups (broad SMARTS) is 1. The minimum absolute atomic E-state index is 0.0455. The van der Waals surface area contributed by atoms with Gasteiger partial charge in [0.2, 0.25) is 23.6 Å². The fourth-order valence-corrected chi connectivity index (χ4v) is 3.77. The molecule has 2 N–H and O–H groups in total. The molecule has 1 aromatic carbocycles. The van der Waals surface area contributed by atoms with Crippen LogP contribution < -0.4 is 5.32 Å². The summed E-state index contributed by atoms with van der Waals surface area (Å²) in [5.41, 5.74) is 0.757. The van der Waals surface area contributed by atoms with Crippen molar-refractivity contribution in [2.45, 2.75) is 43.0 Å². The van der Waals surface area contributed by atoms with E-state index < -0.39 is 35.1 Å². The van der Waals surface area contributed by atoms with Gasteiger partial charge in [-0.25, -0.2) is 4.79 Å². The zero-order valence-corrected chi connectivity index (χ0v) is 19.4. The van der Waals surface area contributed by atoms with Crippen molar-refractivity contribution in [3.63, 3.8) is 0 Å². The summed E-state index contributed by atoms with van der Waals surface area (Å²) < 4.78 is 0. The van der Waals surface area contributed by atoms with Gasteiger partial charge in [-0.05, 0) is 12.0 Å². The minimum Gasteiger partial charge on any atom is -0.480 e. The Hall–Kier alpha value is -2.53. The largest absolute Gasteiger partial charge is 0.480 e. The molecule has 1 aromatic rings. The van der Waals surface area contributed by atoms with Crippen molar-refractivity contribution in [2.75, 3.05) is 19.3 Å². The second-order valence-corrected chi connectivity index (χ2v) is 8.47. The average Bonchev–Trinajstić information content (AvgIpc) is 3.10. The summed E-state index contributed by atoms with van der Waals surface area (Å²) in [4.78, 5) is 62.7. The molecule has 0 radical (unpaired) electrons. The highest BCUT2D eigenvalue weighted by atomic mass is 32.1. The lowest BCUT2D eigenvalue weighted by atomic mass is 10.0. The Labute approximate surface area is 197 Å². The van der Waals surface area contributed by atoms with Gasteiger partial charge in [0.1, 0.15) is 12.1 Å². The number of thiol groups is 2. The van der Waals surface area contributed by atoms with Gasteiger partial charge in [-0.15, -0.1) is 0 Å². The highest BCUT2D eigenvalue weighted by Crippen LogP contribution is 2.15. The standard InChI is InChI=1S/C21H27N3O6S2/c1-23(15(21(29)30)11-13-5-3-2-4-6-13)20(28)14(12-31)22-19(27)16(32)9-10-24-17(25)7-8-18(24)26/h2-6,14-16,31-32H,7-12H2,1H3,(H,22,27)(H,29,30)/t14?,15-,16-/m0/s1. The maximum atomic E-state index is 12.9. The summed E-state index contributed by atoms with van der Waals surface area (Å²) in [5.74, 6) is -2.93. The number of nitrogens with zero attached hydrogens (tertiary/aromatic N) is 2. The second-order valence-electron chi connectivity index (χ2n) is 7.48. The van der Waals surface area contributed by atoms with E-state index in [2.05, 4.69) is 30.6 Å². The van der Waals surface area contributed by atoms with Crippen molar-refractivity contribution in [1.82, 2.24) is 15.1 Å². The molecule has 9 nitrogen and oxygen atoms in total.